The van der Waals surface area contributed by atoms with Gasteiger partial charge in [0.1, 0.15) is 4.21 Å². The summed E-state index contributed by atoms with van der Waals surface area (Å²) in [4.78, 5) is 33.4. The molecule has 4 aromatic rings. The normalized spacial score (nSPS) is 10.8. The highest BCUT2D eigenvalue weighted by atomic mass is 32.2. The average molecular weight is 495 g/mol. The van der Waals surface area contributed by atoms with Crippen LogP contribution >= 0.6 is 11.3 Å². The lowest BCUT2D eigenvalue weighted by Crippen LogP contribution is -2.41. The Morgan fingerprint density at radius 3 is 2.35 bits per heavy atom. The first kappa shape index (κ1) is 22.9. The molecule has 2 heterocycles. The molecule has 4 rings (SSSR count). The highest BCUT2D eigenvalue weighted by molar-refractivity contribution is 7.94. The van der Waals surface area contributed by atoms with Crippen LogP contribution in [-0.4, -0.2) is 30.2 Å². The molecule has 0 aliphatic rings. The van der Waals surface area contributed by atoms with Crippen LogP contribution in [0.2, 0.25) is 0 Å². The molecule has 0 atom stereocenters. The van der Waals surface area contributed by atoms with Gasteiger partial charge in [-0.05, 0) is 47.8 Å². The lowest BCUT2D eigenvalue weighted by Gasteiger charge is -2.13. The van der Waals surface area contributed by atoms with E-state index in [4.69, 9.17) is 0 Å². The number of carbonyl (C=O) groups is 2. The van der Waals surface area contributed by atoms with Crippen molar-refractivity contribution in [3.63, 3.8) is 0 Å². The van der Waals surface area contributed by atoms with Crippen LogP contribution < -0.4 is 20.9 Å². The van der Waals surface area contributed by atoms with E-state index in [1.807, 2.05) is 0 Å². The quantitative estimate of drug-likeness (QED) is 0.289. The van der Waals surface area contributed by atoms with Crippen molar-refractivity contribution in [3.8, 4) is 0 Å². The van der Waals surface area contributed by atoms with Gasteiger partial charge in [-0.25, -0.2) is 18.4 Å². The zero-order valence-corrected chi connectivity index (χ0v) is 19.1. The number of nitrogens with one attached hydrogen (secondary N) is 4. The van der Waals surface area contributed by atoms with Crippen LogP contribution in [0.1, 0.15) is 20.7 Å². The first-order valence-corrected chi connectivity index (χ1v) is 12.2. The maximum absolute atomic E-state index is 12.7. The van der Waals surface area contributed by atoms with Crippen LogP contribution in [-0.2, 0) is 10.0 Å². The molecule has 2 amide bonds. The summed E-state index contributed by atoms with van der Waals surface area (Å²) in [6.07, 6.45) is 3.17. The standard InChI is InChI=1S/C22H18N6O4S2/c29-20(15-6-3-7-16(14-15)25-22-23-11-5-12-24-22)26-27-21(30)17-8-1-2-9-18(17)28-34(31,32)19-10-4-13-33-19/h1-14,28H,(H,26,29)(H,27,30)(H,23,24,25). The second-order valence-electron chi connectivity index (χ2n) is 6.77. The summed E-state index contributed by atoms with van der Waals surface area (Å²) in [6.45, 7) is 0. The highest BCUT2D eigenvalue weighted by Crippen LogP contribution is 2.23. The van der Waals surface area contributed by atoms with Gasteiger partial charge in [-0.2, -0.15) is 0 Å². The molecule has 0 bridgehead atoms. The topological polar surface area (TPSA) is 142 Å². The van der Waals surface area contributed by atoms with Crippen LogP contribution in [0.3, 0.4) is 0 Å². The number of nitrogens with zero attached hydrogens (tertiary/aromatic N) is 2. The Morgan fingerprint density at radius 2 is 1.59 bits per heavy atom. The summed E-state index contributed by atoms with van der Waals surface area (Å²) < 4.78 is 27.6. The van der Waals surface area contributed by atoms with Gasteiger partial charge in [0.25, 0.3) is 21.8 Å². The predicted octanol–water partition coefficient (Wildman–Crippen LogP) is 3.16. The van der Waals surface area contributed by atoms with Crippen LogP contribution in [0.25, 0.3) is 0 Å². The molecule has 172 valence electrons. The largest absolute Gasteiger partial charge is 0.324 e. The van der Waals surface area contributed by atoms with E-state index < -0.39 is 21.8 Å². The number of rotatable bonds is 7. The van der Waals surface area contributed by atoms with Gasteiger partial charge in [0.2, 0.25) is 5.95 Å². The fourth-order valence-corrected chi connectivity index (χ4v) is 4.94. The molecule has 2 aromatic heterocycles. The van der Waals surface area contributed by atoms with Crippen LogP contribution in [0.15, 0.2) is 88.7 Å². The van der Waals surface area contributed by atoms with Crippen molar-refractivity contribution < 1.29 is 18.0 Å². The number of anilines is 3. The molecule has 0 saturated heterocycles. The molecule has 0 unspecified atom stereocenters. The van der Waals surface area contributed by atoms with Gasteiger partial charge >= 0.3 is 0 Å². The van der Waals surface area contributed by atoms with E-state index in [2.05, 4.69) is 30.9 Å². The number of amides is 2. The molecule has 0 radical (unpaired) electrons. The molecule has 4 N–H and O–H groups in total. The van der Waals surface area contributed by atoms with Gasteiger partial charge in [0.05, 0.1) is 11.3 Å². The second kappa shape index (κ2) is 10.1. The molecule has 34 heavy (non-hydrogen) atoms. The van der Waals surface area contributed by atoms with Crippen molar-refractivity contribution in [2.75, 3.05) is 10.0 Å². The van der Waals surface area contributed by atoms with E-state index in [0.717, 1.165) is 11.3 Å². The van der Waals surface area contributed by atoms with Gasteiger partial charge < -0.3 is 5.32 Å². The fourth-order valence-electron chi connectivity index (χ4n) is 2.87. The van der Waals surface area contributed by atoms with E-state index in [0.29, 0.717) is 11.6 Å². The lowest BCUT2D eigenvalue weighted by atomic mass is 10.2. The molecule has 0 aliphatic heterocycles. The predicted molar refractivity (Wildman–Crippen MR) is 128 cm³/mol. The average Bonchev–Trinajstić information content (AvgIpc) is 3.40. The molecule has 0 fully saturated rings. The number of hydrogen-bond acceptors (Lipinski definition) is 8. The zero-order chi connectivity index (χ0) is 24.0. The van der Waals surface area contributed by atoms with Crippen LogP contribution in [0.5, 0.6) is 0 Å². The lowest BCUT2D eigenvalue weighted by molar-refractivity contribution is 0.0847. The number of thiophene rings is 1. The van der Waals surface area contributed by atoms with Gasteiger partial charge in [0.15, 0.2) is 0 Å². The van der Waals surface area contributed by atoms with Crippen LogP contribution in [0, 0.1) is 0 Å². The Bertz CT molecular complexity index is 1410. The third kappa shape index (κ3) is 5.54. The molecule has 0 saturated carbocycles. The van der Waals surface area contributed by atoms with Crippen LogP contribution in [0.4, 0.5) is 17.3 Å². The number of aromatic nitrogens is 2. The number of hydrogen-bond donors (Lipinski definition) is 4. The summed E-state index contributed by atoms with van der Waals surface area (Å²) in [7, 11) is -3.85. The summed E-state index contributed by atoms with van der Waals surface area (Å²) in [5, 5.41) is 4.62. The Hall–Kier alpha value is -4.29. The molecule has 2 aromatic carbocycles. The van der Waals surface area contributed by atoms with Crippen molar-refractivity contribution in [3.05, 3.63) is 95.6 Å². The maximum Gasteiger partial charge on any atom is 0.271 e. The molecular weight excluding hydrogens is 476 g/mol. The van der Waals surface area contributed by atoms with Gasteiger partial charge in [-0.1, -0.05) is 24.3 Å². The minimum atomic E-state index is -3.85. The summed E-state index contributed by atoms with van der Waals surface area (Å²) >= 11 is 1.06. The first-order valence-electron chi connectivity index (χ1n) is 9.82. The third-order valence-corrected chi connectivity index (χ3v) is 7.18. The zero-order valence-electron chi connectivity index (χ0n) is 17.4. The fraction of sp³-hybridized carbons (Fsp3) is 0. The Balaban J connectivity index is 1.42. The van der Waals surface area contributed by atoms with Crippen molar-refractivity contribution in [2.24, 2.45) is 0 Å². The van der Waals surface area contributed by atoms with Crippen molar-refractivity contribution in [2.45, 2.75) is 4.21 Å². The molecule has 0 aliphatic carbocycles. The highest BCUT2D eigenvalue weighted by Gasteiger charge is 2.19. The van der Waals surface area contributed by atoms with Gasteiger partial charge in [-0.3, -0.25) is 25.2 Å². The Labute approximate surface area is 199 Å². The smallest absolute Gasteiger partial charge is 0.271 e. The van der Waals surface area contributed by atoms with Gasteiger partial charge in [-0.15, -0.1) is 11.3 Å². The number of hydrazine groups is 1. The minimum absolute atomic E-state index is 0.0413. The third-order valence-electron chi connectivity index (χ3n) is 4.41. The van der Waals surface area contributed by atoms with Crippen molar-refractivity contribution in [1.82, 2.24) is 20.8 Å². The SMILES string of the molecule is O=C(NNC(=O)c1ccccc1NS(=O)(=O)c1cccs1)c1cccc(Nc2ncccn2)c1. The number of para-hydroxylation sites is 1. The molecule has 12 heteroatoms. The van der Waals surface area contributed by atoms with E-state index in [1.165, 1.54) is 18.2 Å². The number of carbonyl (C=O) groups excluding carboxylic acids is 2. The van der Waals surface area contributed by atoms with E-state index in [-0.39, 0.29) is 21.0 Å². The molecule has 0 spiro atoms. The maximum atomic E-state index is 12.7. The number of benzene rings is 2. The Morgan fingerprint density at radius 1 is 0.824 bits per heavy atom. The van der Waals surface area contributed by atoms with Crippen molar-refractivity contribution >= 4 is 50.5 Å². The first-order chi connectivity index (χ1) is 16.4. The van der Waals surface area contributed by atoms with Gasteiger partial charge in [0, 0.05) is 23.6 Å². The Kier molecular flexibility index (Phi) is 6.80. The van der Waals surface area contributed by atoms with E-state index in [9.17, 15) is 18.0 Å². The van der Waals surface area contributed by atoms with E-state index in [1.54, 1.807) is 66.3 Å². The van der Waals surface area contributed by atoms with Crippen molar-refractivity contribution in [1.29, 1.82) is 0 Å². The summed E-state index contributed by atoms with van der Waals surface area (Å²) in [5.74, 6) is -0.887. The molecule has 10 nitrogen and oxygen atoms in total. The minimum Gasteiger partial charge on any atom is -0.324 e. The summed E-state index contributed by atoms with van der Waals surface area (Å²) in [6, 6.07) is 17.4. The second-order valence-corrected chi connectivity index (χ2v) is 9.63. The monoisotopic (exact) mass is 494 g/mol. The van der Waals surface area contributed by atoms with E-state index >= 15 is 0 Å². The number of sulfonamides is 1. The summed E-state index contributed by atoms with van der Waals surface area (Å²) in [5.41, 5.74) is 5.62. The molecular formula is C22H18N6O4S2.